The Balaban J connectivity index is 0.000000948. The highest BCUT2D eigenvalue weighted by atomic mass is 32.1. The minimum Gasteiger partial charge on any atom is -0.495 e. The van der Waals surface area contributed by atoms with Crippen LogP contribution in [-0.2, 0) is 0 Å². The second-order valence-electron chi connectivity index (χ2n) is 5.03. The molecule has 0 bridgehead atoms. The number of hydrogen-bond acceptors (Lipinski definition) is 7. The summed E-state index contributed by atoms with van der Waals surface area (Å²) in [4.78, 5) is 17.0. The van der Waals surface area contributed by atoms with Crippen LogP contribution in [-0.4, -0.2) is 27.0 Å². The fraction of sp³-hybridized carbons (Fsp3) is 0.158. The average Bonchev–Trinajstić information content (AvgIpc) is 3.11. The maximum absolute atomic E-state index is 5.24. The van der Waals surface area contributed by atoms with Crippen molar-refractivity contribution >= 4 is 32.5 Å². The Hall–Kier alpha value is -3.06. The van der Waals surface area contributed by atoms with E-state index in [1.807, 2.05) is 38.2 Å². The molecule has 0 aliphatic carbocycles. The van der Waals surface area contributed by atoms with E-state index in [0.29, 0.717) is 5.82 Å². The number of thiazole rings is 1. The monoisotopic (exact) mass is 365 g/mol. The molecule has 1 aromatic carbocycles. The maximum Gasteiger partial charge on any atom is 0.189 e. The predicted octanol–water partition coefficient (Wildman–Crippen LogP) is 4.93. The third kappa shape index (κ3) is 3.94. The Labute approximate surface area is 156 Å². The molecule has 0 saturated heterocycles. The van der Waals surface area contributed by atoms with E-state index in [1.54, 1.807) is 43.2 Å². The fourth-order valence-electron chi connectivity index (χ4n) is 2.32. The van der Waals surface area contributed by atoms with E-state index in [9.17, 15) is 0 Å². The van der Waals surface area contributed by atoms with E-state index in [2.05, 4.69) is 31.3 Å². The van der Waals surface area contributed by atoms with Gasteiger partial charge in [0.05, 0.1) is 29.7 Å². The van der Waals surface area contributed by atoms with E-state index < -0.39 is 0 Å². The zero-order valence-electron chi connectivity index (χ0n) is 14.8. The molecular weight excluding hydrogens is 346 g/mol. The number of nitrogens with zero attached hydrogens (tertiary/aromatic N) is 4. The quantitative estimate of drug-likeness (QED) is 0.553. The number of rotatable bonds is 4. The van der Waals surface area contributed by atoms with Gasteiger partial charge in [-0.25, -0.2) is 9.97 Å². The van der Waals surface area contributed by atoms with Gasteiger partial charge >= 0.3 is 0 Å². The van der Waals surface area contributed by atoms with Gasteiger partial charge in [-0.1, -0.05) is 31.3 Å². The largest absolute Gasteiger partial charge is 0.495 e. The molecule has 26 heavy (non-hydrogen) atoms. The molecule has 0 atom stereocenters. The van der Waals surface area contributed by atoms with Crippen molar-refractivity contribution in [2.45, 2.75) is 13.8 Å². The molecule has 132 valence electrons. The molecule has 0 saturated carbocycles. The van der Waals surface area contributed by atoms with Crippen LogP contribution in [0.3, 0.4) is 0 Å². The van der Waals surface area contributed by atoms with Gasteiger partial charge < -0.3 is 10.1 Å². The van der Waals surface area contributed by atoms with Gasteiger partial charge in [-0.3, -0.25) is 9.97 Å². The second-order valence-corrected chi connectivity index (χ2v) is 6.06. The van der Waals surface area contributed by atoms with Crippen LogP contribution in [0, 0.1) is 0 Å². The van der Waals surface area contributed by atoms with Gasteiger partial charge in [0, 0.05) is 24.2 Å². The van der Waals surface area contributed by atoms with Crippen molar-refractivity contribution in [1.29, 1.82) is 0 Å². The second kappa shape index (κ2) is 8.35. The van der Waals surface area contributed by atoms with Crippen molar-refractivity contribution in [3.05, 3.63) is 55.2 Å². The summed E-state index contributed by atoms with van der Waals surface area (Å²) in [6.07, 6.45) is 8.46. The number of nitrogens with one attached hydrogen (secondary N) is 1. The molecule has 0 unspecified atom stereocenters. The SMILES string of the molecule is CC.COc1cncc(-c2ccc3nc(Nc4cnccn4)sc3c2)c1. The summed E-state index contributed by atoms with van der Waals surface area (Å²) in [6.45, 7) is 4.00. The van der Waals surface area contributed by atoms with Crippen LogP contribution in [0.1, 0.15) is 13.8 Å². The van der Waals surface area contributed by atoms with Gasteiger partial charge in [-0.15, -0.1) is 0 Å². The lowest BCUT2D eigenvalue weighted by Gasteiger charge is -2.03. The minimum absolute atomic E-state index is 0.675. The van der Waals surface area contributed by atoms with Gasteiger partial charge in [-0.2, -0.15) is 0 Å². The van der Waals surface area contributed by atoms with Gasteiger partial charge in [-0.05, 0) is 23.8 Å². The van der Waals surface area contributed by atoms with Crippen molar-refractivity contribution in [2.75, 3.05) is 12.4 Å². The molecule has 0 radical (unpaired) electrons. The first kappa shape index (κ1) is 17.8. The van der Waals surface area contributed by atoms with E-state index in [0.717, 1.165) is 32.2 Å². The molecule has 6 nitrogen and oxygen atoms in total. The molecule has 4 rings (SSSR count). The smallest absolute Gasteiger partial charge is 0.189 e. The molecule has 3 aromatic heterocycles. The highest BCUT2D eigenvalue weighted by Gasteiger charge is 2.07. The van der Waals surface area contributed by atoms with Crippen molar-refractivity contribution in [3.8, 4) is 16.9 Å². The number of benzene rings is 1. The molecule has 4 aromatic rings. The average molecular weight is 365 g/mol. The number of anilines is 2. The van der Waals surface area contributed by atoms with Crippen molar-refractivity contribution < 1.29 is 4.74 Å². The van der Waals surface area contributed by atoms with E-state index >= 15 is 0 Å². The minimum atomic E-state index is 0.675. The van der Waals surface area contributed by atoms with Gasteiger partial charge in [0.25, 0.3) is 0 Å². The Bertz CT molecular complexity index is 988. The lowest BCUT2D eigenvalue weighted by atomic mass is 10.1. The Morgan fingerprint density at radius 1 is 0.962 bits per heavy atom. The number of fused-ring (bicyclic) bond motifs is 1. The summed E-state index contributed by atoms with van der Waals surface area (Å²) in [5, 5.41) is 3.96. The van der Waals surface area contributed by atoms with Crippen molar-refractivity contribution in [1.82, 2.24) is 19.9 Å². The highest BCUT2D eigenvalue weighted by Crippen LogP contribution is 2.32. The molecule has 7 heteroatoms. The molecule has 0 fully saturated rings. The van der Waals surface area contributed by atoms with E-state index in [4.69, 9.17) is 4.74 Å². The molecule has 0 amide bonds. The van der Waals surface area contributed by atoms with Crippen LogP contribution in [0.15, 0.2) is 55.2 Å². The topological polar surface area (TPSA) is 72.8 Å². The Morgan fingerprint density at radius 3 is 2.62 bits per heavy atom. The number of ether oxygens (including phenoxy) is 1. The summed E-state index contributed by atoms with van der Waals surface area (Å²) in [7, 11) is 1.64. The van der Waals surface area contributed by atoms with E-state index in [-0.39, 0.29) is 0 Å². The fourth-order valence-corrected chi connectivity index (χ4v) is 3.23. The van der Waals surface area contributed by atoms with Crippen molar-refractivity contribution in [2.24, 2.45) is 0 Å². The van der Waals surface area contributed by atoms with E-state index in [1.165, 1.54) is 0 Å². The van der Waals surface area contributed by atoms with Crippen molar-refractivity contribution in [3.63, 3.8) is 0 Å². The number of methoxy groups -OCH3 is 1. The van der Waals surface area contributed by atoms with Crippen LogP contribution < -0.4 is 10.1 Å². The predicted molar refractivity (Wildman–Crippen MR) is 106 cm³/mol. The van der Waals surface area contributed by atoms with Crippen LogP contribution in [0.2, 0.25) is 0 Å². The molecule has 0 spiro atoms. The third-order valence-electron chi connectivity index (χ3n) is 3.47. The standard InChI is InChI=1S/C17H13N5OS.C2H6/c1-23-13-6-12(8-19-9-13)11-2-3-14-15(7-11)24-17(21-14)22-16-10-18-4-5-20-16;1-2/h2-10H,1H3,(H,20,21,22);1-2H3. The number of aromatic nitrogens is 4. The lowest BCUT2D eigenvalue weighted by Crippen LogP contribution is -1.92. The van der Waals surface area contributed by atoms with Crippen LogP contribution in [0.5, 0.6) is 5.75 Å². The lowest BCUT2D eigenvalue weighted by molar-refractivity contribution is 0.413. The van der Waals surface area contributed by atoms with Gasteiger partial charge in [0.1, 0.15) is 5.75 Å². The first-order valence-electron chi connectivity index (χ1n) is 8.25. The van der Waals surface area contributed by atoms with Crippen LogP contribution in [0.4, 0.5) is 10.9 Å². The molecule has 1 N–H and O–H groups in total. The van der Waals surface area contributed by atoms with Gasteiger partial charge in [0.15, 0.2) is 10.9 Å². The Morgan fingerprint density at radius 2 is 1.85 bits per heavy atom. The number of hydrogen-bond donors (Lipinski definition) is 1. The van der Waals surface area contributed by atoms with Crippen LogP contribution >= 0.6 is 11.3 Å². The summed E-state index contributed by atoms with van der Waals surface area (Å²) < 4.78 is 6.32. The maximum atomic E-state index is 5.24. The molecule has 3 heterocycles. The molecule has 0 aliphatic heterocycles. The summed E-state index contributed by atoms with van der Waals surface area (Å²) >= 11 is 1.57. The van der Waals surface area contributed by atoms with Gasteiger partial charge in [0.2, 0.25) is 0 Å². The number of pyridine rings is 1. The summed E-state index contributed by atoms with van der Waals surface area (Å²) in [5.74, 6) is 1.41. The summed E-state index contributed by atoms with van der Waals surface area (Å²) in [5.41, 5.74) is 3.02. The van der Waals surface area contributed by atoms with Crippen LogP contribution in [0.25, 0.3) is 21.3 Å². The zero-order chi connectivity index (χ0) is 18.4. The zero-order valence-corrected chi connectivity index (χ0v) is 15.6. The highest BCUT2D eigenvalue weighted by molar-refractivity contribution is 7.22. The summed E-state index contributed by atoms with van der Waals surface area (Å²) in [6, 6.07) is 8.10. The molecular formula is C19H19N5OS. The first-order valence-corrected chi connectivity index (χ1v) is 9.06. The normalized spacial score (nSPS) is 10.1. The third-order valence-corrected chi connectivity index (χ3v) is 4.40. The Kier molecular flexibility index (Phi) is 5.70. The first-order chi connectivity index (χ1) is 12.8. The molecule has 0 aliphatic rings.